The maximum atomic E-state index is 13.2. The zero-order valence-electron chi connectivity index (χ0n) is 18.7. The number of aliphatic hydroxyl groups excluding tert-OH is 1. The highest BCUT2D eigenvalue weighted by atomic mass is 16.5. The van der Waals surface area contributed by atoms with Crippen LogP contribution in [-0.2, 0) is 22.6 Å². The van der Waals surface area contributed by atoms with Crippen molar-refractivity contribution < 1.29 is 24.5 Å². The number of aliphatic hydroxyl groups is 1. The fourth-order valence-corrected chi connectivity index (χ4v) is 4.72. The number of phenols is 1. The molecule has 2 N–H and O–H groups in total. The molecule has 1 fully saturated rings. The van der Waals surface area contributed by atoms with Gasteiger partial charge in [-0.15, -0.1) is 0 Å². The van der Waals surface area contributed by atoms with Crippen molar-refractivity contribution in [2.24, 2.45) is 0 Å². The van der Waals surface area contributed by atoms with Crippen molar-refractivity contribution in [1.82, 2.24) is 14.5 Å². The van der Waals surface area contributed by atoms with Crippen molar-refractivity contribution in [3.05, 3.63) is 83.4 Å². The van der Waals surface area contributed by atoms with Crippen molar-refractivity contribution in [1.29, 1.82) is 0 Å². The van der Waals surface area contributed by atoms with Gasteiger partial charge in [0.1, 0.15) is 23.4 Å². The Kier molecular flexibility index (Phi) is 5.57. The number of phenolic OH excluding ortho intramolecular Hbond substituents is 1. The summed E-state index contributed by atoms with van der Waals surface area (Å²) in [5.41, 5.74) is 1.98. The molecule has 3 aromatic rings. The van der Waals surface area contributed by atoms with E-state index in [1.54, 1.807) is 42.9 Å². The number of amides is 1. The Morgan fingerprint density at radius 2 is 2.03 bits per heavy atom. The van der Waals surface area contributed by atoms with Gasteiger partial charge in [-0.25, -0.2) is 4.98 Å². The van der Waals surface area contributed by atoms with Gasteiger partial charge in [-0.05, 0) is 54.8 Å². The highest BCUT2D eigenvalue weighted by Gasteiger charge is 2.46. The second kappa shape index (κ2) is 8.70. The number of aromatic nitrogens is 2. The predicted molar refractivity (Wildman–Crippen MR) is 124 cm³/mol. The summed E-state index contributed by atoms with van der Waals surface area (Å²) >= 11 is 0. The summed E-state index contributed by atoms with van der Waals surface area (Å²) in [6.45, 7) is 2.89. The van der Waals surface area contributed by atoms with Crippen LogP contribution in [0.4, 0.5) is 0 Å². The van der Waals surface area contributed by atoms with E-state index in [-0.39, 0.29) is 23.2 Å². The summed E-state index contributed by atoms with van der Waals surface area (Å²) in [4.78, 5) is 31.7. The van der Waals surface area contributed by atoms with Gasteiger partial charge in [-0.3, -0.25) is 9.59 Å². The molecule has 0 saturated carbocycles. The van der Waals surface area contributed by atoms with E-state index < -0.39 is 17.7 Å². The Labute approximate surface area is 196 Å². The number of nitrogens with zero attached hydrogens (tertiary/aromatic N) is 3. The molecule has 1 amide bonds. The molecule has 8 heteroatoms. The highest BCUT2D eigenvalue weighted by Crippen LogP contribution is 2.41. The van der Waals surface area contributed by atoms with Crippen LogP contribution < -0.4 is 4.74 Å². The number of ether oxygens (including phenoxy) is 1. The molecule has 0 bridgehead atoms. The normalized spacial score (nSPS) is 21.0. The topological polar surface area (TPSA) is 105 Å². The van der Waals surface area contributed by atoms with E-state index in [2.05, 4.69) is 4.98 Å². The van der Waals surface area contributed by atoms with Crippen LogP contribution in [0.3, 0.4) is 0 Å². The number of hydrogen-bond acceptors (Lipinski definition) is 6. The minimum Gasteiger partial charge on any atom is -0.508 e. The van der Waals surface area contributed by atoms with E-state index in [4.69, 9.17) is 4.74 Å². The smallest absolute Gasteiger partial charge is 0.295 e. The monoisotopic (exact) mass is 459 g/mol. The number of carbonyl (C=O) groups is 2. The Hall–Kier alpha value is -4.07. The van der Waals surface area contributed by atoms with Gasteiger partial charge in [0.05, 0.1) is 17.9 Å². The molecule has 5 rings (SSSR count). The van der Waals surface area contributed by atoms with Gasteiger partial charge >= 0.3 is 0 Å². The molecule has 0 radical (unpaired) electrons. The number of aromatic hydroxyl groups is 1. The maximum Gasteiger partial charge on any atom is 0.295 e. The molecule has 2 atom stereocenters. The molecular formula is C26H25N3O5. The minimum absolute atomic E-state index is 0.0187. The van der Waals surface area contributed by atoms with Crippen LogP contribution in [0.2, 0.25) is 0 Å². The first kappa shape index (κ1) is 21.8. The summed E-state index contributed by atoms with van der Waals surface area (Å²) < 4.78 is 7.64. The molecule has 0 unspecified atom stereocenters. The number of ketones is 1. The van der Waals surface area contributed by atoms with Crippen LogP contribution in [0.1, 0.15) is 36.1 Å². The van der Waals surface area contributed by atoms with Gasteiger partial charge < -0.3 is 24.4 Å². The van der Waals surface area contributed by atoms with Gasteiger partial charge in [-0.1, -0.05) is 12.1 Å². The van der Waals surface area contributed by atoms with Gasteiger partial charge in [-0.2, -0.15) is 0 Å². The summed E-state index contributed by atoms with van der Waals surface area (Å²) in [6.07, 6.45) is 6.54. The van der Waals surface area contributed by atoms with Crippen LogP contribution in [-0.4, -0.2) is 49.0 Å². The van der Waals surface area contributed by atoms with Crippen molar-refractivity contribution in [2.75, 3.05) is 6.54 Å². The summed E-state index contributed by atoms with van der Waals surface area (Å²) in [6, 6.07) is 10.9. The van der Waals surface area contributed by atoms with E-state index in [0.717, 1.165) is 11.3 Å². The van der Waals surface area contributed by atoms with Crippen LogP contribution in [0, 0.1) is 0 Å². The van der Waals surface area contributed by atoms with Gasteiger partial charge in [0.2, 0.25) is 0 Å². The number of fused-ring (bicyclic) bond motifs is 1. The molecule has 0 aliphatic carbocycles. The lowest BCUT2D eigenvalue weighted by molar-refractivity contribution is -0.139. The lowest BCUT2D eigenvalue weighted by Gasteiger charge is -2.25. The summed E-state index contributed by atoms with van der Waals surface area (Å²) in [5, 5.41) is 21.3. The summed E-state index contributed by atoms with van der Waals surface area (Å²) in [5.74, 6) is -0.859. The molecule has 2 aliphatic rings. The second-order valence-corrected chi connectivity index (χ2v) is 8.70. The van der Waals surface area contributed by atoms with E-state index in [9.17, 15) is 19.8 Å². The fraction of sp³-hybridized carbons (Fsp3) is 0.269. The molecule has 8 nitrogen and oxygen atoms in total. The molecule has 1 saturated heterocycles. The second-order valence-electron chi connectivity index (χ2n) is 8.70. The third-order valence-corrected chi connectivity index (χ3v) is 6.27. The van der Waals surface area contributed by atoms with E-state index in [1.165, 1.54) is 17.0 Å². The average Bonchev–Trinajstić information content (AvgIpc) is 3.52. The predicted octanol–water partition coefficient (Wildman–Crippen LogP) is 3.42. The zero-order valence-corrected chi connectivity index (χ0v) is 18.7. The molecule has 174 valence electrons. The van der Waals surface area contributed by atoms with Crippen LogP contribution in [0.15, 0.2) is 66.8 Å². The van der Waals surface area contributed by atoms with Crippen molar-refractivity contribution >= 4 is 17.4 Å². The Balaban J connectivity index is 1.53. The van der Waals surface area contributed by atoms with Gasteiger partial charge in [0, 0.05) is 37.5 Å². The van der Waals surface area contributed by atoms with Crippen LogP contribution in [0.25, 0.3) is 5.76 Å². The third-order valence-electron chi connectivity index (χ3n) is 6.27. The van der Waals surface area contributed by atoms with E-state index in [0.29, 0.717) is 37.1 Å². The molecule has 2 aliphatic heterocycles. The van der Waals surface area contributed by atoms with Crippen molar-refractivity contribution in [3.8, 4) is 11.5 Å². The first-order chi connectivity index (χ1) is 16.4. The van der Waals surface area contributed by atoms with Crippen molar-refractivity contribution in [2.45, 2.75) is 38.5 Å². The number of hydrogen-bond donors (Lipinski definition) is 2. The molecular weight excluding hydrogens is 434 g/mol. The van der Waals surface area contributed by atoms with Crippen molar-refractivity contribution in [3.63, 3.8) is 0 Å². The average molecular weight is 460 g/mol. The number of rotatable bonds is 6. The molecule has 1 aromatic heterocycles. The zero-order chi connectivity index (χ0) is 23.8. The first-order valence-corrected chi connectivity index (χ1v) is 11.3. The first-order valence-electron chi connectivity index (χ1n) is 11.3. The largest absolute Gasteiger partial charge is 0.508 e. The molecule has 3 heterocycles. The SMILES string of the molecule is C[C@@H]1Cc2cc(/C(O)=C3\C(=O)C(=O)N(CCCn4ccnc4)[C@H]3c3cccc(O)c3)ccc2O1. The molecule has 2 aromatic carbocycles. The Bertz CT molecular complexity index is 1280. The fourth-order valence-electron chi connectivity index (χ4n) is 4.72. The number of carbonyl (C=O) groups excluding carboxylic acids is 2. The van der Waals surface area contributed by atoms with E-state index >= 15 is 0 Å². The number of aryl methyl sites for hydroxylation is 1. The lowest BCUT2D eigenvalue weighted by Crippen LogP contribution is -2.31. The van der Waals surface area contributed by atoms with E-state index in [1.807, 2.05) is 17.7 Å². The Morgan fingerprint density at radius 3 is 2.79 bits per heavy atom. The highest BCUT2D eigenvalue weighted by molar-refractivity contribution is 6.46. The minimum atomic E-state index is -0.807. The number of imidazole rings is 1. The Morgan fingerprint density at radius 1 is 1.18 bits per heavy atom. The molecule has 34 heavy (non-hydrogen) atoms. The van der Waals surface area contributed by atoms with Crippen LogP contribution in [0.5, 0.6) is 11.5 Å². The summed E-state index contributed by atoms with van der Waals surface area (Å²) in [7, 11) is 0. The number of benzene rings is 2. The number of Topliss-reactive ketones (excluding diaryl/α,β-unsaturated/α-hetero) is 1. The van der Waals surface area contributed by atoms with Gasteiger partial charge in [0.15, 0.2) is 0 Å². The maximum absolute atomic E-state index is 13.2. The third kappa shape index (κ3) is 3.91. The lowest BCUT2D eigenvalue weighted by atomic mass is 9.94. The standard InChI is InChI=1S/C26H25N3O5/c1-16-12-19-13-18(6-7-21(19)34-16)24(31)22-23(17-4-2-5-20(30)14-17)29(26(33)25(22)32)10-3-9-28-11-8-27-15-28/h2,4-8,11,13-16,23,30-31H,3,9-10,12H2,1H3/b24-22+/t16-,23+/m1/s1. The van der Waals surface area contributed by atoms with Gasteiger partial charge in [0.25, 0.3) is 11.7 Å². The number of likely N-dealkylation sites (tertiary alicyclic amines) is 1. The molecule has 0 spiro atoms. The quantitative estimate of drug-likeness (QED) is 0.333. The van der Waals surface area contributed by atoms with Crippen LogP contribution >= 0.6 is 0 Å².